The van der Waals surface area contributed by atoms with E-state index < -0.39 is 0 Å². The van der Waals surface area contributed by atoms with Crippen molar-refractivity contribution in [1.29, 1.82) is 0 Å². The molecule has 84 valence electrons. The number of likely N-dealkylation sites (N-methyl/N-ethyl adjacent to an activating group) is 2. The third kappa shape index (κ3) is 3.88. The van der Waals surface area contributed by atoms with Crippen LogP contribution in [0, 0.1) is 5.82 Å². The number of anilines is 1. The first-order valence-corrected chi connectivity index (χ1v) is 5.33. The zero-order valence-corrected chi connectivity index (χ0v) is 9.63. The highest BCUT2D eigenvalue weighted by Crippen LogP contribution is 2.12. The normalized spacial score (nSPS) is 12.5. The van der Waals surface area contributed by atoms with Gasteiger partial charge in [-0.25, -0.2) is 4.39 Å². The lowest BCUT2D eigenvalue weighted by molar-refractivity contribution is 0.564. The highest BCUT2D eigenvalue weighted by molar-refractivity contribution is 5.45. The molecule has 1 aromatic carbocycles. The third-order valence-corrected chi connectivity index (χ3v) is 2.37. The maximum atomic E-state index is 12.7. The molecule has 0 fully saturated rings. The van der Waals surface area contributed by atoms with E-state index in [1.807, 2.05) is 7.05 Å². The van der Waals surface area contributed by atoms with Gasteiger partial charge in [0.25, 0.3) is 0 Å². The van der Waals surface area contributed by atoms with Crippen molar-refractivity contribution in [2.75, 3.05) is 25.0 Å². The second-order valence-electron chi connectivity index (χ2n) is 3.82. The van der Waals surface area contributed by atoms with Crippen molar-refractivity contribution in [1.82, 2.24) is 5.32 Å². The molecule has 0 bridgehead atoms. The summed E-state index contributed by atoms with van der Waals surface area (Å²) in [5.74, 6) is -0.188. The summed E-state index contributed by atoms with van der Waals surface area (Å²) in [6, 6.07) is 7.01. The van der Waals surface area contributed by atoms with Crippen LogP contribution in [0.25, 0.3) is 0 Å². The van der Waals surface area contributed by atoms with Crippen molar-refractivity contribution < 1.29 is 4.39 Å². The summed E-state index contributed by atoms with van der Waals surface area (Å²) in [5, 5.41) is 3.34. The van der Waals surface area contributed by atoms with E-state index in [0.717, 1.165) is 18.8 Å². The molecule has 0 aliphatic heterocycles. The number of halogens is 1. The molecule has 0 saturated heterocycles. The quantitative estimate of drug-likeness (QED) is 0.802. The molecule has 3 heteroatoms. The molecular formula is C12H19FN2. The zero-order chi connectivity index (χ0) is 11.3. The molecule has 15 heavy (non-hydrogen) atoms. The average Bonchev–Trinajstić information content (AvgIpc) is 2.18. The zero-order valence-electron chi connectivity index (χ0n) is 9.63. The van der Waals surface area contributed by atoms with Gasteiger partial charge in [0.15, 0.2) is 0 Å². The van der Waals surface area contributed by atoms with Gasteiger partial charge >= 0.3 is 0 Å². The fourth-order valence-corrected chi connectivity index (χ4v) is 1.62. The standard InChI is InChI=1S/C12H19FN2/c1-4-14-10(2)9-15(3)12-7-5-11(13)6-8-12/h5-8,10,14H,4,9H2,1-3H3. The van der Waals surface area contributed by atoms with Crippen molar-refractivity contribution in [3.63, 3.8) is 0 Å². The molecule has 0 radical (unpaired) electrons. The minimum absolute atomic E-state index is 0.188. The Morgan fingerprint density at radius 2 is 1.93 bits per heavy atom. The molecular weight excluding hydrogens is 191 g/mol. The molecule has 0 amide bonds. The average molecular weight is 210 g/mol. The Morgan fingerprint density at radius 1 is 1.33 bits per heavy atom. The summed E-state index contributed by atoms with van der Waals surface area (Å²) in [7, 11) is 2.01. The molecule has 1 atom stereocenters. The number of hydrogen-bond donors (Lipinski definition) is 1. The lowest BCUT2D eigenvalue weighted by Crippen LogP contribution is -2.37. The van der Waals surface area contributed by atoms with E-state index in [4.69, 9.17) is 0 Å². The van der Waals surface area contributed by atoms with E-state index in [0.29, 0.717) is 6.04 Å². The topological polar surface area (TPSA) is 15.3 Å². The van der Waals surface area contributed by atoms with E-state index in [2.05, 4.69) is 24.1 Å². The highest BCUT2D eigenvalue weighted by Gasteiger charge is 2.05. The van der Waals surface area contributed by atoms with E-state index >= 15 is 0 Å². The van der Waals surface area contributed by atoms with Gasteiger partial charge in [-0.3, -0.25) is 0 Å². The van der Waals surface area contributed by atoms with Crippen molar-refractivity contribution >= 4 is 5.69 Å². The van der Waals surface area contributed by atoms with Crippen molar-refractivity contribution in [2.45, 2.75) is 19.9 Å². The van der Waals surface area contributed by atoms with Crippen LogP contribution >= 0.6 is 0 Å². The number of nitrogens with one attached hydrogen (secondary N) is 1. The van der Waals surface area contributed by atoms with Crippen molar-refractivity contribution in [2.24, 2.45) is 0 Å². The maximum absolute atomic E-state index is 12.7. The predicted octanol–water partition coefficient (Wildman–Crippen LogP) is 2.26. The van der Waals surface area contributed by atoms with E-state index in [-0.39, 0.29) is 5.82 Å². The Hall–Kier alpha value is -1.09. The Kier molecular flexibility index (Phi) is 4.56. The summed E-state index contributed by atoms with van der Waals surface area (Å²) in [6.45, 7) is 6.12. The minimum Gasteiger partial charge on any atom is -0.373 e. The van der Waals surface area contributed by atoms with Gasteiger partial charge in [-0.1, -0.05) is 6.92 Å². The minimum atomic E-state index is -0.188. The molecule has 0 aliphatic rings. The molecule has 0 heterocycles. The number of nitrogens with zero attached hydrogens (tertiary/aromatic N) is 1. The van der Waals surface area contributed by atoms with Crippen LogP contribution in [-0.4, -0.2) is 26.2 Å². The van der Waals surface area contributed by atoms with Crippen LogP contribution in [0.3, 0.4) is 0 Å². The van der Waals surface area contributed by atoms with Crippen LogP contribution in [0.2, 0.25) is 0 Å². The summed E-state index contributed by atoms with van der Waals surface area (Å²) < 4.78 is 12.7. The molecule has 0 saturated carbocycles. The van der Waals surface area contributed by atoms with E-state index in [9.17, 15) is 4.39 Å². The van der Waals surface area contributed by atoms with Gasteiger partial charge in [-0.2, -0.15) is 0 Å². The van der Waals surface area contributed by atoms with E-state index in [1.54, 1.807) is 12.1 Å². The molecule has 1 rings (SSSR count). The Balaban J connectivity index is 2.53. The fourth-order valence-electron chi connectivity index (χ4n) is 1.62. The highest BCUT2D eigenvalue weighted by atomic mass is 19.1. The smallest absolute Gasteiger partial charge is 0.123 e. The fraction of sp³-hybridized carbons (Fsp3) is 0.500. The van der Waals surface area contributed by atoms with Crippen LogP contribution in [0.5, 0.6) is 0 Å². The summed E-state index contributed by atoms with van der Waals surface area (Å²) in [5.41, 5.74) is 1.04. The van der Waals surface area contributed by atoms with Crippen LogP contribution < -0.4 is 10.2 Å². The molecule has 2 nitrogen and oxygen atoms in total. The maximum Gasteiger partial charge on any atom is 0.123 e. The third-order valence-electron chi connectivity index (χ3n) is 2.37. The van der Waals surface area contributed by atoms with Gasteiger partial charge in [-0.05, 0) is 37.7 Å². The Labute approximate surface area is 91.1 Å². The van der Waals surface area contributed by atoms with Gasteiger partial charge in [0.1, 0.15) is 5.82 Å². The molecule has 0 spiro atoms. The molecule has 1 unspecified atom stereocenters. The second-order valence-corrected chi connectivity index (χ2v) is 3.82. The first kappa shape index (κ1) is 12.0. The van der Waals surface area contributed by atoms with Crippen LogP contribution in [-0.2, 0) is 0 Å². The first-order valence-electron chi connectivity index (χ1n) is 5.33. The van der Waals surface area contributed by atoms with Crippen molar-refractivity contribution in [3.8, 4) is 0 Å². The molecule has 0 aromatic heterocycles. The SMILES string of the molecule is CCNC(C)CN(C)c1ccc(F)cc1. The summed E-state index contributed by atoms with van der Waals surface area (Å²) in [6.07, 6.45) is 0. The lowest BCUT2D eigenvalue weighted by Gasteiger charge is -2.23. The van der Waals surface area contributed by atoms with Gasteiger partial charge in [-0.15, -0.1) is 0 Å². The van der Waals surface area contributed by atoms with Gasteiger partial charge < -0.3 is 10.2 Å². The van der Waals surface area contributed by atoms with Crippen LogP contribution in [0.1, 0.15) is 13.8 Å². The Morgan fingerprint density at radius 3 is 2.47 bits per heavy atom. The monoisotopic (exact) mass is 210 g/mol. The molecule has 0 aliphatic carbocycles. The molecule has 1 aromatic rings. The predicted molar refractivity (Wildman–Crippen MR) is 62.8 cm³/mol. The van der Waals surface area contributed by atoms with E-state index in [1.165, 1.54) is 12.1 Å². The van der Waals surface area contributed by atoms with Crippen LogP contribution in [0.4, 0.5) is 10.1 Å². The number of hydrogen-bond acceptors (Lipinski definition) is 2. The van der Waals surface area contributed by atoms with Gasteiger partial charge in [0.2, 0.25) is 0 Å². The Bertz CT molecular complexity index is 284. The number of benzene rings is 1. The first-order chi connectivity index (χ1) is 7.13. The summed E-state index contributed by atoms with van der Waals surface area (Å²) in [4.78, 5) is 2.12. The largest absolute Gasteiger partial charge is 0.373 e. The molecule has 1 N–H and O–H groups in total. The summed E-state index contributed by atoms with van der Waals surface area (Å²) >= 11 is 0. The number of rotatable bonds is 5. The lowest BCUT2D eigenvalue weighted by atomic mass is 10.2. The van der Waals surface area contributed by atoms with Gasteiger partial charge in [0.05, 0.1) is 0 Å². The second kappa shape index (κ2) is 5.71. The van der Waals surface area contributed by atoms with Crippen molar-refractivity contribution in [3.05, 3.63) is 30.1 Å². The van der Waals surface area contributed by atoms with Crippen LogP contribution in [0.15, 0.2) is 24.3 Å². The van der Waals surface area contributed by atoms with Gasteiger partial charge in [0, 0.05) is 25.3 Å².